The van der Waals surface area contributed by atoms with E-state index in [0.717, 1.165) is 39.5 Å². The molecule has 0 aliphatic heterocycles. The summed E-state index contributed by atoms with van der Waals surface area (Å²) in [6.07, 6.45) is 0. The molecule has 1 atom stereocenters. The minimum Gasteiger partial charge on any atom is -0.478 e. The molecule has 2 aromatic heterocycles. The van der Waals surface area contributed by atoms with E-state index in [-0.39, 0.29) is 16.9 Å². The second-order valence-electron chi connectivity index (χ2n) is 10.3. The Morgan fingerprint density at radius 3 is 2.26 bits per heavy atom. The fourth-order valence-corrected chi connectivity index (χ4v) is 4.34. The SMILES string of the molecule is CC(c1ccc(C(=O)O)cc1)c1nc(C(C)(C)C)nn1Cc1ccc(-c2ccccc2-c2nn[nH]n2)cc1. The molecule has 0 saturated carbocycles. The van der Waals surface area contributed by atoms with Crippen molar-refractivity contribution in [2.75, 3.05) is 0 Å². The lowest BCUT2D eigenvalue weighted by Gasteiger charge is -2.14. The largest absolute Gasteiger partial charge is 0.478 e. The van der Waals surface area contributed by atoms with Crippen LogP contribution in [-0.2, 0) is 12.0 Å². The van der Waals surface area contributed by atoms with Gasteiger partial charge in [0.2, 0.25) is 5.82 Å². The molecule has 192 valence electrons. The maximum absolute atomic E-state index is 11.3. The van der Waals surface area contributed by atoms with Crippen molar-refractivity contribution in [2.45, 2.75) is 45.6 Å². The molecular weight excluding hydrogens is 478 g/mol. The van der Waals surface area contributed by atoms with Gasteiger partial charge in [0.15, 0.2) is 5.82 Å². The number of nitrogens with one attached hydrogen (secondary N) is 1. The number of nitrogens with zero attached hydrogens (tertiary/aromatic N) is 6. The topological polar surface area (TPSA) is 122 Å². The molecule has 2 N–H and O–H groups in total. The Bertz CT molecular complexity index is 1550. The quantitative estimate of drug-likeness (QED) is 0.306. The van der Waals surface area contributed by atoms with E-state index in [2.05, 4.69) is 72.6 Å². The number of hydrogen-bond donors (Lipinski definition) is 2. The van der Waals surface area contributed by atoms with E-state index in [4.69, 9.17) is 10.1 Å². The van der Waals surface area contributed by atoms with Crippen LogP contribution in [0.1, 0.15) is 66.7 Å². The molecule has 0 radical (unpaired) electrons. The molecule has 0 saturated heterocycles. The average molecular weight is 508 g/mol. The third-order valence-electron chi connectivity index (χ3n) is 6.53. The summed E-state index contributed by atoms with van der Waals surface area (Å²) in [5.74, 6) is 1.15. The van der Waals surface area contributed by atoms with Crippen LogP contribution in [-0.4, -0.2) is 46.5 Å². The third kappa shape index (κ3) is 5.08. The van der Waals surface area contributed by atoms with Crippen LogP contribution in [0.2, 0.25) is 0 Å². The number of hydrogen-bond acceptors (Lipinski definition) is 6. The predicted octanol–water partition coefficient (Wildman–Crippen LogP) is 5.32. The Morgan fingerprint density at radius 2 is 1.66 bits per heavy atom. The van der Waals surface area contributed by atoms with E-state index in [1.165, 1.54) is 0 Å². The van der Waals surface area contributed by atoms with Gasteiger partial charge in [-0.25, -0.2) is 14.5 Å². The summed E-state index contributed by atoms with van der Waals surface area (Å²) in [7, 11) is 0. The molecule has 0 aliphatic carbocycles. The van der Waals surface area contributed by atoms with E-state index >= 15 is 0 Å². The number of aromatic amines is 1. The zero-order chi connectivity index (χ0) is 26.9. The summed E-state index contributed by atoms with van der Waals surface area (Å²) in [5.41, 5.74) is 5.10. The van der Waals surface area contributed by atoms with Crippen molar-refractivity contribution in [3.8, 4) is 22.5 Å². The second-order valence-corrected chi connectivity index (χ2v) is 10.3. The van der Waals surface area contributed by atoms with Gasteiger partial charge in [-0.3, -0.25) is 0 Å². The molecule has 1 unspecified atom stereocenters. The van der Waals surface area contributed by atoms with Crippen LogP contribution in [0.4, 0.5) is 0 Å². The number of carbonyl (C=O) groups is 1. The van der Waals surface area contributed by atoms with Crippen LogP contribution in [0.25, 0.3) is 22.5 Å². The molecule has 38 heavy (non-hydrogen) atoms. The summed E-state index contributed by atoms with van der Waals surface area (Å²) in [6, 6.07) is 23.3. The molecule has 0 fully saturated rings. The van der Waals surface area contributed by atoms with Crippen LogP contribution >= 0.6 is 0 Å². The Labute approximate surface area is 220 Å². The summed E-state index contributed by atoms with van der Waals surface area (Å²) in [5, 5.41) is 28.6. The lowest BCUT2D eigenvalue weighted by atomic mass is 9.95. The summed E-state index contributed by atoms with van der Waals surface area (Å²) in [4.78, 5) is 16.2. The van der Waals surface area contributed by atoms with Gasteiger partial charge in [0.05, 0.1) is 12.1 Å². The first-order valence-electron chi connectivity index (χ1n) is 12.4. The van der Waals surface area contributed by atoms with E-state index in [9.17, 15) is 9.90 Å². The molecule has 3 aromatic carbocycles. The van der Waals surface area contributed by atoms with Crippen LogP contribution in [0.15, 0.2) is 72.8 Å². The zero-order valence-corrected chi connectivity index (χ0v) is 21.8. The number of carboxylic acid groups (broad SMARTS) is 1. The molecular formula is C29H29N7O2. The van der Waals surface area contributed by atoms with Gasteiger partial charge in [-0.2, -0.15) is 10.3 Å². The minimum absolute atomic E-state index is 0.0671. The van der Waals surface area contributed by atoms with Gasteiger partial charge < -0.3 is 5.11 Å². The van der Waals surface area contributed by atoms with E-state index in [1.54, 1.807) is 12.1 Å². The Morgan fingerprint density at radius 1 is 0.974 bits per heavy atom. The highest BCUT2D eigenvalue weighted by molar-refractivity contribution is 5.87. The van der Waals surface area contributed by atoms with Crippen molar-refractivity contribution in [3.05, 3.63) is 101 Å². The molecule has 5 aromatic rings. The van der Waals surface area contributed by atoms with E-state index in [1.807, 2.05) is 41.1 Å². The van der Waals surface area contributed by atoms with Gasteiger partial charge in [0.1, 0.15) is 5.82 Å². The van der Waals surface area contributed by atoms with Crippen LogP contribution in [0.3, 0.4) is 0 Å². The normalized spacial score (nSPS) is 12.4. The summed E-state index contributed by atoms with van der Waals surface area (Å²) < 4.78 is 1.96. The van der Waals surface area contributed by atoms with Crippen molar-refractivity contribution in [1.29, 1.82) is 0 Å². The van der Waals surface area contributed by atoms with Crippen molar-refractivity contribution in [2.24, 2.45) is 0 Å². The molecule has 9 nitrogen and oxygen atoms in total. The molecule has 5 rings (SSSR count). The second kappa shape index (κ2) is 10.0. The van der Waals surface area contributed by atoms with Crippen LogP contribution < -0.4 is 0 Å². The number of rotatable bonds is 7. The highest BCUT2D eigenvalue weighted by atomic mass is 16.4. The average Bonchev–Trinajstić information content (AvgIpc) is 3.60. The fourth-order valence-electron chi connectivity index (χ4n) is 4.34. The molecule has 0 bridgehead atoms. The number of H-pyrrole nitrogens is 1. The minimum atomic E-state index is -0.939. The highest BCUT2D eigenvalue weighted by Crippen LogP contribution is 2.31. The van der Waals surface area contributed by atoms with E-state index in [0.29, 0.717) is 12.4 Å². The monoisotopic (exact) mass is 507 g/mol. The number of aromatic carboxylic acids is 1. The predicted molar refractivity (Wildman–Crippen MR) is 144 cm³/mol. The van der Waals surface area contributed by atoms with Crippen molar-refractivity contribution in [3.63, 3.8) is 0 Å². The third-order valence-corrected chi connectivity index (χ3v) is 6.53. The van der Waals surface area contributed by atoms with Crippen molar-refractivity contribution < 1.29 is 9.90 Å². The Hall–Kier alpha value is -4.66. The van der Waals surface area contributed by atoms with Gasteiger partial charge in [0.25, 0.3) is 0 Å². The maximum Gasteiger partial charge on any atom is 0.335 e. The van der Waals surface area contributed by atoms with Crippen LogP contribution in [0.5, 0.6) is 0 Å². The maximum atomic E-state index is 11.3. The number of tetrazole rings is 1. The number of aromatic nitrogens is 7. The zero-order valence-electron chi connectivity index (χ0n) is 21.8. The summed E-state index contributed by atoms with van der Waals surface area (Å²) in [6.45, 7) is 8.92. The Kier molecular flexibility index (Phi) is 6.59. The van der Waals surface area contributed by atoms with Gasteiger partial charge in [-0.1, -0.05) is 88.4 Å². The van der Waals surface area contributed by atoms with Crippen molar-refractivity contribution in [1.82, 2.24) is 35.4 Å². The molecule has 0 spiro atoms. The molecule has 9 heteroatoms. The van der Waals surface area contributed by atoms with Gasteiger partial charge in [-0.05, 0) is 39.6 Å². The van der Waals surface area contributed by atoms with Crippen molar-refractivity contribution >= 4 is 5.97 Å². The van der Waals surface area contributed by atoms with E-state index < -0.39 is 5.97 Å². The molecule has 0 aliphatic rings. The Balaban J connectivity index is 1.45. The van der Waals surface area contributed by atoms with Crippen LogP contribution in [0, 0.1) is 0 Å². The standard InChI is InChI=1S/C29H29N7O2/c1-18(20-13-15-22(16-14-20)27(37)38)26-30-28(29(2,3)4)33-36(26)17-19-9-11-21(12-10-19)23-7-5-6-8-24(23)25-31-34-35-32-25/h5-16,18H,17H2,1-4H3,(H,37,38)(H,31,32,34,35). The van der Waals surface area contributed by atoms with Gasteiger partial charge >= 0.3 is 5.97 Å². The van der Waals surface area contributed by atoms with Gasteiger partial charge in [-0.15, -0.1) is 10.2 Å². The first kappa shape index (κ1) is 25.0. The molecule has 0 amide bonds. The fraction of sp³-hybridized carbons (Fsp3) is 0.241. The number of carboxylic acids is 1. The lowest BCUT2D eigenvalue weighted by Crippen LogP contribution is -2.14. The summed E-state index contributed by atoms with van der Waals surface area (Å²) >= 11 is 0. The lowest BCUT2D eigenvalue weighted by molar-refractivity contribution is 0.0697. The van der Waals surface area contributed by atoms with Gasteiger partial charge in [0, 0.05) is 16.9 Å². The molecule has 2 heterocycles. The smallest absolute Gasteiger partial charge is 0.335 e. The highest BCUT2D eigenvalue weighted by Gasteiger charge is 2.25. The first-order chi connectivity index (χ1) is 18.2. The first-order valence-corrected chi connectivity index (χ1v) is 12.4. The number of benzene rings is 3.